The van der Waals surface area contributed by atoms with E-state index in [2.05, 4.69) is 16.7 Å². The van der Waals surface area contributed by atoms with Gasteiger partial charge in [-0.15, -0.1) is 0 Å². The summed E-state index contributed by atoms with van der Waals surface area (Å²) >= 11 is 0. The van der Waals surface area contributed by atoms with Gasteiger partial charge in [-0.25, -0.2) is 0 Å². The van der Waals surface area contributed by atoms with Crippen molar-refractivity contribution in [2.45, 2.75) is 32.2 Å². The van der Waals surface area contributed by atoms with E-state index in [1.807, 2.05) is 6.92 Å². The molecule has 0 aromatic heterocycles. The number of hydrogen-bond donors (Lipinski definition) is 3. The SMILES string of the molecule is C[C@H](CCO)CNC(=O)CNCC(=O)N1CCC[C@H]1C#N. The van der Waals surface area contributed by atoms with Crippen molar-refractivity contribution in [1.29, 1.82) is 5.26 Å². The first kappa shape index (κ1) is 17.4. The average Bonchev–Trinajstić information content (AvgIpc) is 2.94. The Hall–Kier alpha value is -1.65. The van der Waals surface area contributed by atoms with Gasteiger partial charge in [-0.2, -0.15) is 5.26 Å². The fourth-order valence-corrected chi connectivity index (χ4v) is 2.26. The van der Waals surface area contributed by atoms with Crippen molar-refractivity contribution in [3.8, 4) is 6.07 Å². The van der Waals surface area contributed by atoms with E-state index < -0.39 is 0 Å². The van der Waals surface area contributed by atoms with Crippen LogP contribution in [-0.4, -0.2) is 60.6 Å². The van der Waals surface area contributed by atoms with E-state index in [9.17, 15) is 9.59 Å². The molecule has 7 nitrogen and oxygen atoms in total. The molecule has 0 bridgehead atoms. The Labute approximate surface area is 125 Å². The number of nitrogens with zero attached hydrogens (tertiary/aromatic N) is 2. The molecule has 21 heavy (non-hydrogen) atoms. The average molecular weight is 296 g/mol. The number of aliphatic hydroxyl groups excluding tert-OH is 1. The molecule has 118 valence electrons. The van der Waals surface area contributed by atoms with Crippen LogP contribution < -0.4 is 10.6 Å². The maximum absolute atomic E-state index is 11.9. The highest BCUT2D eigenvalue weighted by Crippen LogP contribution is 2.15. The molecule has 0 spiro atoms. The standard InChI is InChI=1S/C14H24N4O3/c1-11(4-6-19)8-17-13(20)9-16-10-14(21)18-5-2-3-12(18)7-15/h11-12,16,19H,2-6,8-10H2,1H3,(H,17,20)/t11-,12+/m1/s1. The molecule has 0 saturated carbocycles. The van der Waals surface area contributed by atoms with Crippen LogP contribution in [-0.2, 0) is 9.59 Å². The Kier molecular flexibility index (Phi) is 7.72. The van der Waals surface area contributed by atoms with Gasteiger partial charge in [0, 0.05) is 19.7 Å². The zero-order chi connectivity index (χ0) is 15.7. The van der Waals surface area contributed by atoms with Gasteiger partial charge in [-0.3, -0.25) is 14.9 Å². The summed E-state index contributed by atoms with van der Waals surface area (Å²) in [7, 11) is 0. The van der Waals surface area contributed by atoms with Gasteiger partial charge in [0.15, 0.2) is 0 Å². The first-order valence-corrected chi connectivity index (χ1v) is 7.35. The summed E-state index contributed by atoms with van der Waals surface area (Å²) in [4.78, 5) is 25.0. The van der Waals surface area contributed by atoms with E-state index in [0.29, 0.717) is 19.5 Å². The first-order valence-electron chi connectivity index (χ1n) is 7.35. The maximum Gasteiger partial charge on any atom is 0.237 e. The Morgan fingerprint density at radius 1 is 1.48 bits per heavy atom. The van der Waals surface area contributed by atoms with E-state index in [1.165, 1.54) is 0 Å². The predicted molar refractivity (Wildman–Crippen MR) is 77.1 cm³/mol. The molecule has 1 aliphatic rings. The maximum atomic E-state index is 11.9. The highest BCUT2D eigenvalue weighted by atomic mass is 16.3. The van der Waals surface area contributed by atoms with Crippen molar-refractivity contribution in [2.24, 2.45) is 5.92 Å². The zero-order valence-corrected chi connectivity index (χ0v) is 12.5. The fourth-order valence-electron chi connectivity index (χ4n) is 2.26. The second kappa shape index (κ2) is 9.32. The minimum absolute atomic E-state index is 0.0673. The summed E-state index contributed by atoms with van der Waals surface area (Å²) in [6.45, 7) is 3.32. The van der Waals surface area contributed by atoms with Crippen molar-refractivity contribution in [2.75, 3.05) is 32.8 Å². The lowest BCUT2D eigenvalue weighted by Gasteiger charge is -2.19. The number of aliphatic hydroxyl groups is 1. The molecule has 3 N–H and O–H groups in total. The lowest BCUT2D eigenvalue weighted by atomic mass is 10.1. The molecule has 7 heteroatoms. The molecule has 0 aromatic rings. The largest absolute Gasteiger partial charge is 0.396 e. The second-order valence-electron chi connectivity index (χ2n) is 5.40. The van der Waals surface area contributed by atoms with Crippen molar-refractivity contribution < 1.29 is 14.7 Å². The van der Waals surface area contributed by atoms with Crippen LogP contribution in [0, 0.1) is 17.2 Å². The Balaban J connectivity index is 2.17. The number of nitrogens with one attached hydrogen (secondary N) is 2. The summed E-state index contributed by atoms with van der Waals surface area (Å²) in [5.41, 5.74) is 0. The molecule has 1 aliphatic heterocycles. The molecule has 1 fully saturated rings. The molecule has 0 aliphatic carbocycles. The van der Waals surface area contributed by atoms with Crippen molar-refractivity contribution in [3.63, 3.8) is 0 Å². The van der Waals surface area contributed by atoms with E-state index in [4.69, 9.17) is 10.4 Å². The van der Waals surface area contributed by atoms with E-state index in [0.717, 1.165) is 12.8 Å². The Bertz CT molecular complexity index is 394. The number of rotatable bonds is 8. The van der Waals surface area contributed by atoms with Crippen molar-refractivity contribution >= 4 is 11.8 Å². The number of amides is 2. The summed E-state index contributed by atoms with van der Waals surface area (Å²) in [6.07, 6.45) is 2.23. The molecule has 1 saturated heterocycles. The lowest BCUT2D eigenvalue weighted by Crippen LogP contribution is -2.43. The third-order valence-corrected chi connectivity index (χ3v) is 3.55. The van der Waals surface area contributed by atoms with Crippen LogP contribution in [0.25, 0.3) is 0 Å². The molecular weight excluding hydrogens is 272 g/mol. The van der Waals surface area contributed by atoms with Gasteiger partial charge in [-0.05, 0) is 25.2 Å². The summed E-state index contributed by atoms with van der Waals surface area (Å²) in [5.74, 6) is -0.0899. The highest BCUT2D eigenvalue weighted by molar-refractivity contribution is 5.81. The van der Waals surface area contributed by atoms with E-state index in [1.54, 1.807) is 4.90 Å². The second-order valence-corrected chi connectivity index (χ2v) is 5.40. The number of carbonyl (C=O) groups excluding carboxylic acids is 2. The van der Waals surface area contributed by atoms with Gasteiger partial charge in [0.05, 0.1) is 19.2 Å². The molecule has 1 rings (SSSR count). The van der Waals surface area contributed by atoms with Crippen LogP contribution in [0.2, 0.25) is 0 Å². The van der Waals surface area contributed by atoms with Crippen molar-refractivity contribution in [1.82, 2.24) is 15.5 Å². The van der Waals surface area contributed by atoms with Crippen LogP contribution in [0.1, 0.15) is 26.2 Å². The number of carbonyl (C=O) groups is 2. The molecule has 0 unspecified atom stereocenters. The van der Waals surface area contributed by atoms with Crippen LogP contribution in [0.4, 0.5) is 0 Å². The summed E-state index contributed by atoms with van der Waals surface area (Å²) < 4.78 is 0. The quantitative estimate of drug-likeness (QED) is 0.545. The van der Waals surface area contributed by atoms with Gasteiger partial charge < -0.3 is 15.3 Å². The van der Waals surface area contributed by atoms with Crippen LogP contribution in [0.3, 0.4) is 0 Å². The summed E-state index contributed by atoms with van der Waals surface area (Å²) in [6, 6.07) is 1.79. The first-order chi connectivity index (χ1) is 10.1. The molecule has 2 atom stereocenters. The van der Waals surface area contributed by atoms with E-state index in [-0.39, 0.29) is 43.5 Å². The van der Waals surface area contributed by atoms with Gasteiger partial charge in [0.2, 0.25) is 11.8 Å². The number of nitriles is 1. The molecule has 0 radical (unpaired) electrons. The smallest absolute Gasteiger partial charge is 0.237 e. The van der Waals surface area contributed by atoms with Crippen LogP contribution in [0.5, 0.6) is 0 Å². The van der Waals surface area contributed by atoms with Gasteiger partial charge in [0.25, 0.3) is 0 Å². The normalized spacial score (nSPS) is 19.1. The topological polar surface area (TPSA) is 105 Å². The Morgan fingerprint density at radius 3 is 2.90 bits per heavy atom. The monoisotopic (exact) mass is 296 g/mol. The molecule has 1 heterocycles. The minimum Gasteiger partial charge on any atom is -0.396 e. The number of likely N-dealkylation sites (tertiary alicyclic amines) is 1. The minimum atomic E-state index is -0.326. The van der Waals surface area contributed by atoms with Gasteiger partial charge in [0.1, 0.15) is 6.04 Å². The van der Waals surface area contributed by atoms with Crippen LogP contribution in [0.15, 0.2) is 0 Å². The summed E-state index contributed by atoms with van der Waals surface area (Å²) in [5, 5.41) is 23.2. The predicted octanol–water partition coefficient (Wildman–Crippen LogP) is -0.775. The molecule has 2 amide bonds. The number of hydrogen-bond acceptors (Lipinski definition) is 5. The van der Waals surface area contributed by atoms with E-state index >= 15 is 0 Å². The van der Waals surface area contributed by atoms with Crippen molar-refractivity contribution in [3.05, 3.63) is 0 Å². The molecule has 0 aromatic carbocycles. The third kappa shape index (κ3) is 6.10. The highest BCUT2D eigenvalue weighted by Gasteiger charge is 2.27. The van der Waals surface area contributed by atoms with Crippen LogP contribution >= 0.6 is 0 Å². The molecular formula is C14H24N4O3. The zero-order valence-electron chi connectivity index (χ0n) is 12.5. The lowest BCUT2D eigenvalue weighted by molar-refractivity contribution is -0.130. The van der Waals surface area contributed by atoms with Gasteiger partial charge in [-0.1, -0.05) is 6.92 Å². The van der Waals surface area contributed by atoms with Gasteiger partial charge >= 0.3 is 0 Å². The fraction of sp³-hybridized carbons (Fsp3) is 0.786. The Morgan fingerprint density at radius 2 is 2.24 bits per heavy atom. The third-order valence-electron chi connectivity index (χ3n) is 3.55.